The first-order chi connectivity index (χ1) is 18.2. The normalized spacial score (nSPS) is 19.4. The third kappa shape index (κ3) is 5.63. The fourth-order valence-electron chi connectivity index (χ4n) is 3.96. The second kappa shape index (κ2) is 11.9. The molecule has 2 aromatic rings. The largest absolute Gasteiger partial charge is 0.508 e. The molecule has 1 saturated heterocycles. The van der Waals surface area contributed by atoms with Crippen LogP contribution < -0.4 is 16.4 Å². The SMILES string of the molecule is CCCCNC(=O)c1nn[nH]c1SCC1=C(C(=O)O)N2C(=O)C(NC(=O)C(N)c3ccc(O)cc3)[C@H]2SC1. The second-order valence-electron chi connectivity index (χ2n) is 8.61. The predicted octanol–water partition coefficient (Wildman–Crippen LogP) is 0.571. The number of benzene rings is 1. The topological polar surface area (TPSA) is 204 Å². The molecular formula is C23H27N7O6S2. The van der Waals surface area contributed by atoms with Gasteiger partial charge in [-0.3, -0.25) is 24.4 Å². The lowest BCUT2D eigenvalue weighted by Crippen LogP contribution is -2.71. The highest BCUT2D eigenvalue weighted by atomic mass is 32.2. The number of phenols is 1. The molecule has 38 heavy (non-hydrogen) atoms. The number of unbranched alkanes of at least 4 members (excludes halogenated alkanes) is 1. The van der Waals surface area contributed by atoms with E-state index in [0.717, 1.165) is 12.8 Å². The number of aromatic hydroxyl groups is 1. The number of carbonyl (C=O) groups excluding carboxylic acids is 3. The number of aromatic nitrogens is 3. The lowest BCUT2D eigenvalue weighted by atomic mass is 10.0. The van der Waals surface area contributed by atoms with E-state index in [-0.39, 0.29) is 28.8 Å². The van der Waals surface area contributed by atoms with Gasteiger partial charge in [0.25, 0.3) is 11.8 Å². The number of phenolic OH excluding ortho intramolecular Hbond substituents is 1. The summed E-state index contributed by atoms with van der Waals surface area (Å²) in [6, 6.07) is 3.84. The van der Waals surface area contributed by atoms with Gasteiger partial charge in [0.15, 0.2) is 5.69 Å². The van der Waals surface area contributed by atoms with Gasteiger partial charge >= 0.3 is 5.97 Å². The van der Waals surface area contributed by atoms with Crippen molar-refractivity contribution >= 4 is 47.2 Å². The van der Waals surface area contributed by atoms with Crippen molar-refractivity contribution in [1.82, 2.24) is 30.9 Å². The number of β-lactam (4-membered cyclic amide) rings is 1. The first-order valence-corrected chi connectivity index (χ1v) is 13.8. The number of hydrogen-bond acceptors (Lipinski definition) is 10. The number of nitrogens with two attached hydrogens (primary N) is 1. The van der Waals surface area contributed by atoms with E-state index < -0.39 is 35.2 Å². The van der Waals surface area contributed by atoms with E-state index in [1.54, 1.807) is 0 Å². The third-order valence-corrected chi connectivity index (χ3v) is 8.43. The van der Waals surface area contributed by atoms with E-state index in [4.69, 9.17) is 5.73 Å². The molecule has 3 amide bonds. The van der Waals surface area contributed by atoms with E-state index >= 15 is 0 Å². The van der Waals surface area contributed by atoms with Crippen molar-refractivity contribution < 1.29 is 29.4 Å². The van der Waals surface area contributed by atoms with Crippen LogP contribution in [0.5, 0.6) is 5.75 Å². The molecular weight excluding hydrogens is 534 g/mol. The molecule has 0 aliphatic carbocycles. The van der Waals surface area contributed by atoms with Gasteiger partial charge in [0.1, 0.15) is 33.9 Å². The number of carboxylic acids is 1. The lowest BCUT2D eigenvalue weighted by Gasteiger charge is -2.49. The molecule has 0 radical (unpaired) electrons. The summed E-state index contributed by atoms with van der Waals surface area (Å²) in [6.07, 6.45) is 1.75. The van der Waals surface area contributed by atoms with Crippen LogP contribution in [0, 0.1) is 0 Å². The molecule has 2 aliphatic rings. The van der Waals surface area contributed by atoms with Gasteiger partial charge < -0.3 is 26.6 Å². The first kappa shape index (κ1) is 27.5. The molecule has 3 heterocycles. The number of nitrogens with zero attached hydrogens (tertiary/aromatic N) is 3. The number of nitrogens with one attached hydrogen (secondary N) is 3. The summed E-state index contributed by atoms with van der Waals surface area (Å²) in [5.41, 5.74) is 6.94. The Kier molecular flexibility index (Phi) is 8.58. The van der Waals surface area contributed by atoms with Crippen LogP contribution in [0.3, 0.4) is 0 Å². The number of carboxylic acid groups (broad SMARTS) is 1. The third-order valence-electron chi connectivity index (χ3n) is 6.02. The van der Waals surface area contributed by atoms with Gasteiger partial charge in [-0.1, -0.05) is 42.5 Å². The standard InChI is InChI=1S/C23H27N7O6S2/c1-2-3-8-25-19(33)15-20(28-29-27-15)37-9-12-10-38-22-16(21(34)30(22)17(12)23(35)36)26-18(32)14(24)11-4-6-13(31)7-5-11/h4-7,14,16,22,31H,2-3,8-10,24H2,1H3,(H,25,33)(H,26,32)(H,35,36)(H,27,28,29)/t14?,16?,22-/m1/s1. The van der Waals surface area contributed by atoms with Crippen LogP contribution in [-0.4, -0.2) is 83.7 Å². The van der Waals surface area contributed by atoms with Crippen molar-refractivity contribution in [3.05, 3.63) is 46.8 Å². The van der Waals surface area contributed by atoms with Crippen molar-refractivity contribution in [3.8, 4) is 5.75 Å². The van der Waals surface area contributed by atoms with Crippen LogP contribution in [0.25, 0.3) is 0 Å². The molecule has 0 saturated carbocycles. The summed E-state index contributed by atoms with van der Waals surface area (Å²) in [7, 11) is 0. The Hall–Kier alpha value is -3.56. The molecule has 0 spiro atoms. The molecule has 4 rings (SSSR count). The Morgan fingerprint density at radius 3 is 2.74 bits per heavy atom. The zero-order valence-electron chi connectivity index (χ0n) is 20.3. The highest BCUT2D eigenvalue weighted by Crippen LogP contribution is 2.41. The van der Waals surface area contributed by atoms with Gasteiger partial charge in [0, 0.05) is 18.1 Å². The van der Waals surface area contributed by atoms with Crippen LogP contribution in [0.1, 0.15) is 41.9 Å². The monoisotopic (exact) mass is 561 g/mol. The second-order valence-corrected chi connectivity index (χ2v) is 10.7. The highest BCUT2D eigenvalue weighted by Gasteiger charge is 2.54. The van der Waals surface area contributed by atoms with Gasteiger partial charge in [-0.05, 0) is 29.7 Å². The molecule has 0 bridgehead atoms. The van der Waals surface area contributed by atoms with Crippen molar-refractivity contribution in [2.75, 3.05) is 18.1 Å². The molecule has 2 aliphatic heterocycles. The Bertz CT molecular complexity index is 1270. The number of thioether (sulfide) groups is 2. The Labute approximate surface area is 226 Å². The minimum atomic E-state index is -1.26. The Morgan fingerprint density at radius 1 is 1.32 bits per heavy atom. The van der Waals surface area contributed by atoms with Crippen molar-refractivity contribution in [3.63, 3.8) is 0 Å². The lowest BCUT2D eigenvalue weighted by molar-refractivity contribution is -0.150. The zero-order valence-corrected chi connectivity index (χ0v) is 22.0. The van der Waals surface area contributed by atoms with E-state index in [9.17, 15) is 29.4 Å². The van der Waals surface area contributed by atoms with Crippen LogP contribution in [0.2, 0.25) is 0 Å². The van der Waals surface area contributed by atoms with E-state index in [2.05, 4.69) is 26.0 Å². The summed E-state index contributed by atoms with van der Waals surface area (Å²) in [5.74, 6) is -2.25. The van der Waals surface area contributed by atoms with Crippen LogP contribution in [0.4, 0.5) is 0 Å². The zero-order chi connectivity index (χ0) is 27.4. The van der Waals surface area contributed by atoms with E-state index in [1.807, 2.05) is 6.92 Å². The van der Waals surface area contributed by atoms with Crippen molar-refractivity contribution in [1.29, 1.82) is 0 Å². The molecule has 1 aromatic carbocycles. The van der Waals surface area contributed by atoms with Crippen LogP contribution in [-0.2, 0) is 14.4 Å². The predicted molar refractivity (Wildman–Crippen MR) is 139 cm³/mol. The summed E-state index contributed by atoms with van der Waals surface area (Å²) in [5, 5.41) is 34.7. The minimum absolute atomic E-state index is 0.0296. The van der Waals surface area contributed by atoms with Crippen LogP contribution >= 0.6 is 23.5 Å². The fourth-order valence-corrected chi connectivity index (χ4v) is 6.37. The first-order valence-electron chi connectivity index (χ1n) is 11.8. The number of H-pyrrole nitrogens is 1. The van der Waals surface area contributed by atoms with Gasteiger partial charge in [-0.2, -0.15) is 0 Å². The van der Waals surface area contributed by atoms with E-state index in [1.165, 1.54) is 52.7 Å². The molecule has 7 N–H and O–H groups in total. The summed E-state index contributed by atoms with van der Waals surface area (Å²) in [6.45, 7) is 2.52. The Balaban J connectivity index is 1.42. The number of aliphatic carboxylic acids is 1. The summed E-state index contributed by atoms with van der Waals surface area (Å²) >= 11 is 2.50. The number of fused-ring (bicyclic) bond motifs is 1. The molecule has 3 atom stereocenters. The number of carbonyl (C=O) groups is 4. The summed E-state index contributed by atoms with van der Waals surface area (Å²) < 4.78 is 0. The maximum absolute atomic E-state index is 12.9. The van der Waals surface area contributed by atoms with Crippen LogP contribution in [0.15, 0.2) is 40.6 Å². The Morgan fingerprint density at radius 2 is 2.05 bits per heavy atom. The molecule has 2 unspecified atom stereocenters. The minimum Gasteiger partial charge on any atom is -0.508 e. The number of amides is 3. The van der Waals surface area contributed by atoms with Gasteiger partial charge in [-0.25, -0.2) is 4.79 Å². The van der Waals surface area contributed by atoms with Crippen molar-refractivity contribution in [2.24, 2.45) is 5.73 Å². The van der Waals surface area contributed by atoms with Gasteiger partial charge in [0.05, 0.1) is 0 Å². The average Bonchev–Trinajstić information content (AvgIpc) is 3.38. The van der Waals surface area contributed by atoms with Crippen molar-refractivity contribution in [2.45, 2.75) is 42.2 Å². The average molecular weight is 562 g/mol. The molecule has 1 aromatic heterocycles. The highest BCUT2D eigenvalue weighted by molar-refractivity contribution is 8.01. The summed E-state index contributed by atoms with van der Waals surface area (Å²) in [4.78, 5) is 51.3. The maximum atomic E-state index is 12.9. The van der Waals surface area contributed by atoms with Gasteiger partial charge in [0.2, 0.25) is 5.91 Å². The number of hydrogen-bond donors (Lipinski definition) is 6. The number of aromatic amines is 1. The molecule has 13 nitrogen and oxygen atoms in total. The fraction of sp³-hybridized carbons (Fsp3) is 0.391. The smallest absolute Gasteiger partial charge is 0.352 e. The maximum Gasteiger partial charge on any atom is 0.352 e. The van der Waals surface area contributed by atoms with E-state index in [0.29, 0.717) is 28.5 Å². The van der Waals surface area contributed by atoms with Gasteiger partial charge in [-0.15, -0.1) is 16.9 Å². The number of rotatable bonds is 11. The molecule has 202 valence electrons. The molecule has 1 fully saturated rings. The molecule has 15 heteroatoms. The quantitative estimate of drug-likeness (QED) is 0.127.